The molecule has 1 aromatic carbocycles. The summed E-state index contributed by atoms with van der Waals surface area (Å²) in [5.74, 6) is 0.944. The number of benzene rings is 1. The van der Waals surface area contributed by atoms with Crippen molar-refractivity contribution in [3.63, 3.8) is 0 Å². The van der Waals surface area contributed by atoms with E-state index in [4.69, 9.17) is 4.74 Å². The number of thiophene rings is 1. The molecular formula is C16H21NOS. The van der Waals surface area contributed by atoms with Crippen LogP contribution in [0, 0.1) is 0 Å². The van der Waals surface area contributed by atoms with Crippen LogP contribution in [-0.4, -0.2) is 6.61 Å². The molecule has 0 radical (unpaired) electrons. The van der Waals surface area contributed by atoms with Crippen LogP contribution in [0.25, 0.3) is 0 Å². The van der Waals surface area contributed by atoms with Gasteiger partial charge < -0.3 is 10.1 Å². The van der Waals surface area contributed by atoms with Gasteiger partial charge in [-0.3, -0.25) is 0 Å². The van der Waals surface area contributed by atoms with Crippen LogP contribution in [0.4, 0.5) is 5.69 Å². The highest BCUT2D eigenvalue weighted by atomic mass is 32.1. The summed E-state index contributed by atoms with van der Waals surface area (Å²) in [6, 6.07) is 12.8. The zero-order valence-corrected chi connectivity index (χ0v) is 12.4. The van der Waals surface area contributed by atoms with E-state index < -0.39 is 0 Å². The third-order valence-electron chi connectivity index (χ3n) is 2.97. The van der Waals surface area contributed by atoms with Crippen molar-refractivity contribution in [2.24, 2.45) is 0 Å². The monoisotopic (exact) mass is 275 g/mol. The maximum Gasteiger partial charge on any atom is 0.142 e. The lowest BCUT2D eigenvalue weighted by Crippen LogP contribution is -2.09. The maximum atomic E-state index is 5.79. The smallest absolute Gasteiger partial charge is 0.142 e. The minimum absolute atomic E-state index is 0.353. The van der Waals surface area contributed by atoms with Crippen LogP contribution in [0.2, 0.25) is 0 Å². The second kappa shape index (κ2) is 7.19. The molecule has 2 aromatic rings. The Kier molecular flexibility index (Phi) is 5.28. The van der Waals surface area contributed by atoms with Gasteiger partial charge in [-0.15, -0.1) is 11.3 Å². The minimum atomic E-state index is 0.353. The third kappa shape index (κ3) is 3.74. The quantitative estimate of drug-likeness (QED) is 0.759. The van der Waals surface area contributed by atoms with Gasteiger partial charge in [0.05, 0.1) is 18.3 Å². The summed E-state index contributed by atoms with van der Waals surface area (Å²) < 4.78 is 5.79. The molecule has 0 saturated carbocycles. The van der Waals surface area contributed by atoms with Gasteiger partial charge in [0.25, 0.3) is 0 Å². The fourth-order valence-corrected chi connectivity index (χ4v) is 2.84. The van der Waals surface area contributed by atoms with Crippen molar-refractivity contribution in [2.45, 2.75) is 32.7 Å². The summed E-state index contributed by atoms with van der Waals surface area (Å²) in [5, 5.41) is 5.72. The molecule has 1 atom stereocenters. The zero-order valence-electron chi connectivity index (χ0n) is 11.6. The summed E-state index contributed by atoms with van der Waals surface area (Å²) in [5.41, 5.74) is 1.08. The van der Waals surface area contributed by atoms with Gasteiger partial charge in [0.2, 0.25) is 0 Å². The first kappa shape index (κ1) is 13.9. The molecule has 0 aliphatic heterocycles. The maximum absolute atomic E-state index is 5.79. The Bertz CT molecular complexity index is 481. The number of nitrogens with one attached hydrogen (secondary N) is 1. The number of hydrogen-bond acceptors (Lipinski definition) is 3. The van der Waals surface area contributed by atoms with Gasteiger partial charge in [-0.1, -0.05) is 32.0 Å². The molecule has 1 heterocycles. The third-order valence-corrected chi connectivity index (χ3v) is 3.96. The molecule has 0 aliphatic carbocycles. The fourth-order valence-electron chi connectivity index (χ4n) is 1.98. The molecule has 0 amide bonds. The summed E-state index contributed by atoms with van der Waals surface area (Å²) in [6.45, 7) is 5.08. The first-order chi connectivity index (χ1) is 9.35. The van der Waals surface area contributed by atoms with Gasteiger partial charge in [-0.05, 0) is 36.4 Å². The van der Waals surface area contributed by atoms with E-state index in [2.05, 4.69) is 42.7 Å². The normalized spacial score (nSPS) is 12.1. The van der Waals surface area contributed by atoms with Crippen LogP contribution >= 0.6 is 11.3 Å². The Morgan fingerprint density at radius 2 is 2.00 bits per heavy atom. The molecule has 2 rings (SSSR count). The zero-order chi connectivity index (χ0) is 13.5. The first-order valence-electron chi connectivity index (χ1n) is 6.87. The predicted molar refractivity (Wildman–Crippen MR) is 83.2 cm³/mol. The topological polar surface area (TPSA) is 21.3 Å². The first-order valence-corrected chi connectivity index (χ1v) is 7.74. The summed E-state index contributed by atoms with van der Waals surface area (Å²) >= 11 is 1.80. The molecule has 1 N–H and O–H groups in total. The molecule has 102 valence electrons. The van der Waals surface area contributed by atoms with Gasteiger partial charge >= 0.3 is 0 Å². The van der Waals surface area contributed by atoms with Crippen LogP contribution < -0.4 is 10.1 Å². The second-order valence-corrected chi connectivity index (χ2v) is 5.44. The van der Waals surface area contributed by atoms with Crippen molar-refractivity contribution in [1.29, 1.82) is 0 Å². The van der Waals surface area contributed by atoms with E-state index in [1.807, 2.05) is 18.2 Å². The molecule has 1 unspecified atom stereocenters. The number of ether oxygens (including phenoxy) is 1. The summed E-state index contributed by atoms with van der Waals surface area (Å²) in [7, 11) is 0. The van der Waals surface area contributed by atoms with Crippen LogP contribution in [0.5, 0.6) is 5.75 Å². The molecule has 0 bridgehead atoms. The molecule has 0 saturated heterocycles. The van der Waals surface area contributed by atoms with E-state index in [0.717, 1.165) is 30.9 Å². The van der Waals surface area contributed by atoms with E-state index in [1.165, 1.54) is 4.88 Å². The minimum Gasteiger partial charge on any atom is -0.491 e. The Labute approximate surface area is 119 Å². The van der Waals surface area contributed by atoms with Crippen molar-refractivity contribution in [1.82, 2.24) is 0 Å². The average molecular weight is 275 g/mol. The Hall–Kier alpha value is -1.48. The average Bonchev–Trinajstić information content (AvgIpc) is 2.97. The standard InChI is InChI=1S/C16H21NOS/c1-3-11-18-15-9-6-5-8-14(15)17-13(4-2)16-10-7-12-19-16/h5-10,12-13,17H,3-4,11H2,1-2H3. The Balaban J connectivity index is 2.13. The van der Waals surface area contributed by atoms with E-state index in [0.29, 0.717) is 6.04 Å². The lowest BCUT2D eigenvalue weighted by Gasteiger charge is -2.19. The van der Waals surface area contributed by atoms with E-state index in [1.54, 1.807) is 11.3 Å². The molecule has 0 aliphatic rings. The van der Waals surface area contributed by atoms with Crippen LogP contribution in [0.3, 0.4) is 0 Å². The largest absolute Gasteiger partial charge is 0.491 e. The van der Waals surface area contributed by atoms with Gasteiger partial charge in [0.15, 0.2) is 0 Å². The number of hydrogen-bond donors (Lipinski definition) is 1. The van der Waals surface area contributed by atoms with Gasteiger partial charge in [-0.25, -0.2) is 0 Å². The van der Waals surface area contributed by atoms with Gasteiger partial charge in [0.1, 0.15) is 5.75 Å². The Morgan fingerprint density at radius 1 is 1.16 bits per heavy atom. The van der Waals surface area contributed by atoms with Gasteiger partial charge in [-0.2, -0.15) is 0 Å². The highest BCUT2D eigenvalue weighted by Crippen LogP contribution is 2.31. The van der Waals surface area contributed by atoms with Crippen molar-refractivity contribution < 1.29 is 4.74 Å². The van der Waals surface area contributed by atoms with Crippen molar-refractivity contribution in [3.8, 4) is 5.75 Å². The lowest BCUT2D eigenvalue weighted by molar-refractivity contribution is 0.318. The van der Waals surface area contributed by atoms with Crippen molar-refractivity contribution in [3.05, 3.63) is 46.7 Å². The fraction of sp³-hybridized carbons (Fsp3) is 0.375. The van der Waals surface area contributed by atoms with Crippen molar-refractivity contribution >= 4 is 17.0 Å². The highest BCUT2D eigenvalue weighted by molar-refractivity contribution is 7.10. The second-order valence-electron chi connectivity index (χ2n) is 4.47. The summed E-state index contributed by atoms with van der Waals surface area (Å²) in [6.07, 6.45) is 2.08. The van der Waals surface area contributed by atoms with Crippen LogP contribution in [0.15, 0.2) is 41.8 Å². The molecule has 0 spiro atoms. The van der Waals surface area contributed by atoms with E-state index >= 15 is 0 Å². The Morgan fingerprint density at radius 3 is 2.68 bits per heavy atom. The molecule has 3 heteroatoms. The molecule has 1 aromatic heterocycles. The number of para-hydroxylation sites is 2. The predicted octanol–water partition coefficient (Wildman–Crippen LogP) is 5.10. The molecule has 19 heavy (non-hydrogen) atoms. The van der Waals surface area contributed by atoms with Crippen LogP contribution in [0.1, 0.15) is 37.6 Å². The SMILES string of the molecule is CCCOc1ccccc1NC(CC)c1cccs1. The molecule has 0 fully saturated rings. The van der Waals surface area contributed by atoms with E-state index in [-0.39, 0.29) is 0 Å². The molecular weight excluding hydrogens is 254 g/mol. The number of rotatable bonds is 7. The number of anilines is 1. The van der Waals surface area contributed by atoms with E-state index in [9.17, 15) is 0 Å². The van der Waals surface area contributed by atoms with Crippen molar-refractivity contribution in [2.75, 3.05) is 11.9 Å². The highest BCUT2D eigenvalue weighted by Gasteiger charge is 2.12. The lowest BCUT2D eigenvalue weighted by atomic mass is 10.1. The molecule has 2 nitrogen and oxygen atoms in total. The van der Waals surface area contributed by atoms with Gasteiger partial charge in [0, 0.05) is 4.88 Å². The van der Waals surface area contributed by atoms with Crippen LogP contribution in [-0.2, 0) is 0 Å². The summed E-state index contributed by atoms with van der Waals surface area (Å²) in [4.78, 5) is 1.37.